The van der Waals surface area contributed by atoms with E-state index in [0.29, 0.717) is 46.2 Å². The molecule has 4 aromatic rings. The van der Waals surface area contributed by atoms with E-state index in [9.17, 15) is 18.8 Å². The molecule has 0 atom stereocenters. The second-order valence-electron chi connectivity index (χ2n) is 7.48. The van der Waals surface area contributed by atoms with Crippen molar-refractivity contribution in [3.63, 3.8) is 0 Å². The number of hydrogen-bond acceptors (Lipinski definition) is 6. The fraction of sp³-hybridized carbons (Fsp3) is 0.174. The Hall–Kier alpha value is -3.92. The van der Waals surface area contributed by atoms with Gasteiger partial charge in [0.15, 0.2) is 11.5 Å². The summed E-state index contributed by atoms with van der Waals surface area (Å²) in [6.45, 7) is 2.17. The van der Waals surface area contributed by atoms with Crippen molar-refractivity contribution < 1.29 is 18.7 Å². The summed E-state index contributed by atoms with van der Waals surface area (Å²) in [6.07, 6.45) is 0. The third kappa shape index (κ3) is 3.78. The Labute approximate surface area is 190 Å². The first-order valence-corrected chi connectivity index (χ1v) is 11.0. The summed E-state index contributed by atoms with van der Waals surface area (Å²) < 4.78 is 27.1. The van der Waals surface area contributed by atoms with Crippen LogP contribution in [0.25, 0.3) is 15.9 Å². The highest BCUT2D eigenvalue weighted by atomic mass is 32.1. The first kappa shape index (κ1) is 21.0. The highest BCUT2D eigenvalue weighted by molar-refractivity contribution is 7.17. The number of hydrogen-bond donors (Lipinski definition) is 1. The monoisotopic (exact) mass is 467 g/mol. The summed E-state index contributed by atoms with van der Waals surface area (Å²) in [5.74, 6) is 0.192. The van der Waals surface area contributed by atoms with E-state index in [1.54, 1.807) is 36.6 Å². The number of ether oxygens (including phenoxy) is 2. The van der Waals surface area contributed by atoms with E-state index in [-0.39, 0.29) is 12.2 Å². The third-order valence-corrected chi connectivity index (χ3v) is 6.17. The number of nitrogens with one attached hydrogen (secondary N) is 1. The Balaban J connectivity index is 1.53. The van der Waals surface area contributed by atoms with E-state index >= 15 is 0 Å². The molecule has 1 aliphatic heterocycles. The molecular formula is C23H18FN3O5S. The van der Waals surface area contributed by atoms with Crippen LogP contribution in [0.15, 0.2) is 57.4 Å². The molecule has 8 nitrogen and oxygen atoms in total. The van der Waals surface area contributed by atoms with Crippen LogP contribution in [-0.2, 0) is 11.3 Å². The van der Waals surface area contributed by atoms with E-state index in [4.69, 9.17) is 9.47 Å². The van der Waals surface area contributed by atoms with Gasteiger partial charge in [-0.15, -0.1) is 11.3 Å². The van der Waals surface area contributed by atoms with Crippen LogP contribution in [0, 0.1) is 12.7 Å². The molecule has 0 saturated heterocycles. The molecule has 0 saturated carbocycles. The van der Waals surface area contributed by atoms with Crippen LogP contribution in [0.3, 0.4) is 0 Å². The fourth-order valence-electron chi connectivity index (χ4n) is 3.79. The maximum absolute atomic E-state index is 13.6. The van der Waals surface area contributed by atoms with Gasteiger partial charge < -0.3 is 14.8 Å². The van der Waals surface area contributed by atoms with Crippen LogP contribution in [0.2, 0.25) is 0 Å². The van der Waals surface area contributed by atoms with Gasteiger partial charge in [0.25, 0.3) is 5.56 Å². The Bertz CT molecular complexity index is 1520. The second-order valence-corrected chi connectivity index (χ2v) is 8.40. The first-order chi connectivity index (χ1) is 15.9. The molecule has 2 aromatic carbocycles. The SMILES string of the molecule is Cc1cc(F)ccc1-n1c(=O)c2sccc2n(CC(=O)Nc2ccc3c(c2)OCCO3)c1=O. The molecule has 33 heavy (non-hydrogen) atoms. The molecule has 0 radical (unpaired) electrons. The highest BCUT2D eigenvalue weighted by Gasteiger charge is 2.19. The van der Waals surface area contributed by atoms with E-state index in [1.807, 2.05) is 0 Å². The summed E-state index contributed by atoms with van der Waals surface area (Å²) in [6, 6.07) is 10.5. The number of anilines is 1. The molecule has 10 heteroatoms. The standard InChI is InChI=1S/C23H18FN3O5S/c1-13-10-14(24)2-4-16(13)27-22(29)21-17(6-9-33-21)26(23(27)30)12-20(28)25-15-3-5-18-19(11-15)32-8-7-31-18/h2-6,9-11H,7-8,12H2,1H3,(H,25,28). The van der Waals surface area contributed by atoms with Gasteiger partial charge in [-0.3, -0.25) is 14.2 Å². The normalized spacial score (nSPS) is 12.7. The fourth-order valence-corrected chi connectivity index (χ4v) is 4.61. The van der Waals surface area contributed by atoms with Crippen molar-refractivity contribution >= 4 is 33.1 Å². The van der Waals surface area contributed by atoms with Crippen LogP contribution in [0.4, 0.5) is 10.1 Å². The molecule has 0 aliphatic carbocycles. The molecule has 3 heterocycles. The summed E-state index contributed by atoms with van der Waals surface area (Å²) in [4.78, 5) is 39.2. The van der Waals surface area contributed by atoms with Crippen molar-refractivity contribution in [3.8, 4) is 17.2 Å². The van der Waals surface area contributed by atoms with Gasteiger partial charge in [0, 0.05) is 11.8 Å². The highest BCUT2D eigenvalue weighted by Crippen LogP contribution is 2.32. The van der Waals surface area contributed by atoms with Crippen molar-refractivity contribution in [2.75, 3.05) is 18.5 Å². The lowest BCUT2D eigenvalue weighted by atomic mass is 10.2. The summed E-state index contributed by atoms with van der Waals surface area (Å²) in [7, 11) is 0. The number of benzene rings is 2. The van der Waals surface area contributed by atoms with Gasteiger partial charge in [0.1, 0.15) is 30.3 Å². The zero-order valence-corrected chi connectivity index (χ0v) is 18.3. The van der Waals surface area contributed by atoms with Gasteiger partial charge in [-0.05, 0) is 54.3 Å². The Morgan fingerprint density at radius 1 is 1.09 bits per heavy atom. The maximum atomic E-state index is 13.6. The molecule has 0 spiro atoms. The van der Waals surface area contributed by atoms with Crippen LogP contribution in [0.5, 0.6) is 11.5 Å². The van der Waals surface area contributed by atoms with Gasteiger partial charge in [-0.2, -0.15) is 0 Å². The number of halogens is 1. The minimum atomic E-state index is -0.682. The van der Waals surface area contributed by atoms with Gasteiger partial charge in [0.2, 0.25) is 5.91 Å². The predicted octanol–water partition coefficient (Wildman–Crippen LogP) is 3.07. The van der Waals surface area contributed by atoms with Gasteiger partial charge in [-0.25, -0.2) is 13.8 Å². The number of carbonyl (C=O) groups excluding carboxylic acids is 1. The van der Waals surface area contributed by atoms with Crippen LogP contribution in [-0.4, -0.2) is 28.3 Å². The molecule has 168 valence electrons. The lowest BCUT2D eigenvalue weighted by Gasteiger charge is -2.19. The van der Waals surface area contributed by atoms with E-state index < -0.39 is 23.0 Å². The zero-order chi connectivity index (χ0) is 23.1. The quantitative estimate of drug-likeness (QED) is 0.498. The largest absolute Gasteiger partial charge is 0.486 e. The van der Waals surface area contributed by atoms with Crippen LogP contribution >= 0.6 is 11.3 Å². The Kier molecular flexibility index (Phi) is 5.21. The van der Waals surface area contributed by atoms with Crippen molar-refractivity contribution in [1.82, 2.24) is 9.13 Å². The van der Waals surface area contributed by atoms with Crippen molar-refractivity contribution in [3.05, 3.63) is 80.1 Å². The second kappa shape index (κ2) is 8.21. The molecule has 0 bridgehead atoms. The van der Waals surface area contributed by atoms with Gasteiger partial charge in [0.05, 0.1) is 11.2 Å². The number of aryl methyl sites for hydroxylation is 1. The number of amides is 1. The number of fused-ring (bicyclic) bond motifs is 2. The van der Waals surface area contributed by atoms with Crippen molar-refractivity contribution in [1.29, 1.82) is 0 Å². The number of rotatable bonds is 4. The predicted molar refractivity (Wildman–Crippen MR) is 122 cm³/mol. The van der Waals surface area contributed by atoms with Crippen molar-refractivity contribution in [2.24, 2.45) is 0 Å². The lowest BCUT2D eigenvalue weighted by molar-refractivity contribution is -0.116. The first-order valence-electron chi connectivity index (χ1n) is 10.1. The maximum Gasteiger partial charge on any atom is 0.336 e. The summed E-state index contributed by atoms with van der Waals surface area (Å²) in [5.41, 5.74) is 0.353. The summed E-state index contributed by atoms with van der Waals surface area (Å²) in [5, 5.41) is 4.43. The molecule has 1 amide bonds. The molecular weight excluding hydrogens is 449 g/mol. The summed E-state index contributed by atoms with van der Waals surface area (Å²) >= 11 is 1.17. The molecule has 0 fully saturated rings. The van der Waals surface area contributed by atoms with E-state index in [2.05, 4.69) is 5.32 Å². The number of aromatic nitrogens is 2. The molecule has 2 aromatic heterocycles. The zero-order valence-electron chi connectivity index (χ0n) is 17.5. The minimum absolute atomic E-state index is 0.266. The van der Waals surface area contributed by atoms with Gasteiger partial charge >= 0.3 is 5.69 Å². The van der Waals surface area contributed by atoms with Crippen LogP contribution in [0.1, 0.15) is 5.56 Å². The average molecular weight is 467 g/mol. The van der Waals surface area contributed by atoms with Crippen LogP contribution < -0.4 is 26.0 Å². The smallest absolute Gasteiger partial charge is 0.336 e. The lowest BCUT2D eigenvalue weighted by Crippen LogP contribution is -2.40. The van der Waals surface area contributed by atoms with E-state index in [0.717, 1.165) is 4.57 Å². The molecule has 0 unspecified atom stereocenters. The van der Waals surface area contributed by atoms with E-state index in [1.165, 1.54) is 34.1 Å². The number of thiophene rings is 1. The van der Waals surface area contributed by atoms with Crippen molar-refractivity contribution in [2.45, 2.75) is 13.5 Å². The Morgan fingerprint density at radius 3 is 2.67 bits per heavy atom. The molecule has 1 N–H and O–H groups in total. The number of nitrogens with zero attached hydrogens (tertiary/aromatic N) is 2. The topological polar surface area (TPSA) is 91.6 Å². The average Bonchev–Trinajstić information content (AvgIpc) is 3.28. The Morgan fingerprint density at radius 2 is 1.88 bits per heavy atom. The number of carbonyl (C=O) groups is 1. The third-order valence-electron chi connectivity index (χ3n) is 5.28. The molecule has 5 rings (SSSR count). The minimum Gasteiger partial charge on any atom is -0.486 e. The molecule has 1 aliphatic rings. The van der Waals surface area contributed by atoms with Gasteiger partial charge in [-0.1, -0.05) is 0 Å².